The number of aryl methyl sites for hydroxylation is 1. The molecule has 1 saturated heterocycles. The molecule has 0 bridgehead atoms. The van der Waals surface area contributed by atoms with E-state index in [0.29, 0.717) is 45.8 Å². The first-order valence-electron chi connectivity index (χ1n) is 15.7. The molecule has 0 radical (unpaired) electrons. The van der Waals surface area contributed by atoms with Gasteiger partial charge in [-0.3, -0.25) is 9.88 Å². The van der Waals surface area contributed by atoms with E-state index >= 15 is 0 Å². The lowest BCUT2D eigenvalue weighted by Gasteiger charge is -2.43. The molecule has 1 unspecified atom stereocenters. The molecule has 2 aromatic rings. The Labute approximate surface area is 268 Å². The van der Waals surface area contributed by atoms with E-state index in [0.717, 1.165) is 29.7 Å². The van der Waals surface area contributed by atoms with Crippen molar-refractivity contribution < 1.29 is 28.6 Å². The van der Waals surface area contributed by atoms with Crippen LogP contribution in [0, 0.1) is 6.92 Å². The highest BCUT2D eigenvalue weighted by molar-refractivity contribution is 5.71. The Bertz CT molecular complexity index is 1240. The van der Waals surface area contributed by atoms with Crippen molar-refractivity contribution in [2.75, 3.05) is 39.3 Å². The molecule has 1 aliphatic rings. The second-order valence-electron chi connectivity index (χ2n) is 13.5. The number of hydrogen-bond donors (Lipinski definition) is 1. The van der Waals surface area contributed by atoms with E-state index in [1.807, 2.05) is 90.9 Å². The fraction of sp³-hybridized carbons (Fsp3) is 0.588. The molecule has 3 rings (SSSR count). The number of unbranched alkanes of at least 4 members (excludes halogenated alkanes) is 1. The van der Waals surface area contributed by atoms with Crippen molar-refractivity contribution in [3.63, 3.8) is 0 Å². The van der Waals surface area contributed by atoms with E-state index in [-0.39, 0.29) is 12.6 Å². The smallest absolute Gasteiger partial charge is 0.410 e. The minimum absolute atomic E-state index is 0.180. The van der Waals surface area contributed by atoms with E-state index < -0.39 is 29.5 Å². The van der Waals surface area contributed by atoms with Gasteiger partial charge in [0.1, 0.15) is 17.8 Å². The summed E-state index contributed by atoms with van der Waals surface area (Å²) < 4.78 is 16.7. The third kappa shape index (κ3) is 13.0. The highest BCUT2D eigenvalue weighted by atomic mass is 16.6. The summed E-state index contributed by atoms with van der Waals surface area (Å²) in [5, 5.41) is 2.82. The highest BCUT2D eigenvalue weighted by Crippen LogP contribution is 2.20. The predicted molar refractivity (Wildman–Crippen MR) is 173 cm³/mol. The molecule has 0 saturated carbocycles. The number of ether oxygens (including phenoxy) is 3. The van der Waals surface area contributed by atoms with Crippen LogP contribution >= 0.6 is 0 Å². The van der Waals surface area contributed by atoms with Gasteiger partial charge in [-0.25, -0.2) is 14.4 Å². The van der Waals surface area contributed by atoms with Crippen molar-refractivity contribution in [2.45, 2.75) is 91.7 Å². The number of benzene rings is 1. The van der Waals surface area contributed by atoms with E-state index in [1.54, 1.807) is 16.0 Å². The molecule has 0 aliphatic carbocycles. The molecule has 0 spiro atoms. The number of nitrogens with one attached hydrogen (secondary N) is 1. The monoisotopic (exact) mass is 625 g/mol. The van der Waals surface area contributed by atoms with Gasteiger partial charge in [0.25, 0.3) is 0 Å². The van der Waals surface area contributed by atoms with Gasteiger partial charge in [0.2, 0.25) is 0 Å². The third-order valence-corrected chi connectivity index (χ3v) is 7.10. The van der Waals surface area contributed by atoms with Crippen LogP contribution in [-0.2, 0) is 27.4 Å². The lowest BCUT2D eigenvalue weighted by molar-refractivity contribution is -0.00945. The maximum absolute atomic E-state index is 13.4. The number of pyridine rings is 1. The summed E-state index contributed by atoms with van der Waals surface area (Å²) in [7, 11) is 0. The lowest BCUT2D eigenvalue weighted by atomic mass is 10.1. The number of aromatic nitrogens is 1. The molecule has 1 N–H and O–H groups in total. The van der Waals surface area contributed by atoms with Crippen molar-refractivity contribution in [2.24, 2.45) is 0 Å². The van der Waals surface area contributed by atoms with Gasteiger partial charge in [0, 0.05) is 45.5 Å². The Balaban J connectivity index is 1.71. The molecule has 1 atom stereocenters. The molecule has 11 nitrogen and oxygen atoms in total. The van der Waals surface area contributed by atoms with Gasteiger partial charge in [-0.2, -0.15) is 0 Å². The van der Waals surface area contributed by atoms with Crippen LogP contribution in [0.3, 0.4) is 0 Å². The quantitative estimate of drug-likeness (QED) is 0.248. The van der Waals surface area contributed by atoms with Crippen LogP contribution in [0.2, 0.25) is 0 Å². The van der Waals surface area contributed by atoms with Crippen molar-refractivity contribution in [3.8, 4) is 0 Å². The Morgan fingerprint density at radius 1 is 0.933 bits per heavy atom. The number of rotatable bonds is 11. The van der Waals surface area contributed by atoms with Crippen molar-refractivity contribution in [1.82, 2.24) is 25.0 Å². The van der Waals surface area contributed by atoms with Crippen LogP contribution in [-0.4, -0.2) is 94.5 Å². The van der Waals surface area contributed by atoms with Gasteiger partial charge >= 0.3 is 18.3 Å². The highest BCUT2D eigenvalue weighted by Gasteiger charge is 2.36. The second kappa shape index (κ2) is 16.5. The van der Waals surface area contributed by atoms with Gasteiger partial charge < -0.3 is 29.3 Å². The summed E-state index contributed by atoms with van der Waals surface area (Å²) >= 11 is 0. The summed E-state index contributed by atoms with van der Waals surface area (Å²) in [5.74, 6) is 0. The zero-order valence-corrected chi connectivity index (χ0v) is 28.0. The third-order valence-electron chi connectivity index (χ3n) is 7.10. The van der Waals surface area contributed by atoms with Crippen LogP contribution in [0.15, 0.2) is 48.7 Å². The second-order valence-corrected chi connectivity index (χ2v) is 13.5. The van der Waals surface area contributed by atoms with Gasteiger partial charge in [0.05, 0.1) is 11.7 Å². The molecule has 1 aromatic heterocycles. The van der Waals surface area contributed by atoms with Crippen LogP contribution in [0.25, 0.3) is 0 Å². The minimum atomic E-state index is -0.653. The molecule has 248 valence electrons. The van der Waals surface area contributed by atoms with Crippen molar-refractivity contribution in [3.05, 3.63) is 65.5 Å². The Kier molecular flexibility index (Phi) is 13.0. The zero-order chi connectivity index (χ0) is 33.0. The predicted octanol–water partition coefficient (Wildman–Crippen LogP) is 5.76. The molecule has 11 heteroatoms. The van der Waals surface area contributed by atoms with Crippen LogP contribution < -0.4 is 5.32 Å². The average molecular weight is 626 g/mol. The number of piperazine rings is 1. The first-order valence-corrected chi connectivity index (χ1v) is 15.7. The molecule has 1 fully saturated rings. The first kappa shape index (κ1) is 35.6. The summed E-state index contributed by atoms with van der Waals surface area (Å²) in [5.41, 5.74) is 1.73. The normalized spacial score (nSPS) is 15.5. The Morgan fingerprint density at radius 2 is 1.64 bits per heavy atom. The Morgan fingerprint density at radius 3 is 2.31 bits per heavy atom. The van der Waals surface area contributed by atoms with Crippen molar-refractivity contribution >= 4 is 18.3 Å². The molecule has 2 heterocycles. The van der Waals surface area contributed by atoms with Crippen molar-refractivity contribution in [1.29, 1.82) is 0 Å². The number of hydrogen-bond acceptors (Lipinski definition) is 8. The number of amides is 3. The fourth-order valence-electron chi connectivity index (χ4n) is 4.94. The van der Waals surface area contributed by atoms with Gasteiger partial charge in [-0.1, -0.05) is 36.4 Å². The molecule has 1 aliphatic heterocycles. The van der Waals surface area contributed by atoms with E-state index in [2.05, 4.69) is 15.2 Å². The number of alkyl carbamates (subject to hydrolysis) is 1. The molecular formula is C34H51N5O6. The molecule has 45 heavy (non-hydrogen) atoms. The summed E-state index contributed by atoms with van der Waals surface area (Å²) in [6.45, 7) is 16.5. The fourth-order valence-corrected chi connectivity index (χ4v) is 4.94. The van der Waals surface area contributed by atoms with Gasteiger partial charge in [-0.05, 0) is 85.0 Å². The maximum atomic E-state index is 13.4. The number of carbonyl (C=O) groups excluding carboxylic acids is 3. The van der Waals surface area contributed by atoms with Crippen LogP contribution in [0.5, 0.6) is 0 Å². The van der Waals surface area contributed by atoms with E-state index in [4.69, 9.17) is 14.2 Å². The molecule has 1 aromatic carbocycles. The zero-order valence-electron chi connectivity index (χ0n) is 28.0. The average Bonchev–Trinajstić information content (AvgIpc) is 2.95. The molecular weight excluding hydrogens is 574 g/mol. The number of carbonyl (C=O) groups is 3. The van der Waals surface area contributed by atoms with E-state index in [9.17, 15) is 14.4 Å². The first-order chi connectivity index (χ1) is 21.2. The van der Waals surface area contributed by atoms with Crippen LogP contribution in [0.1, 0.15) is 71.2 Å². The van der Waals surface area contributed by atoms with Gasteiger partial charge in [-0.15, -0.1) is 0 Å². The standard InChI is InChI=1S/C34H51N5O6/c1-26-14-13-18-35-29(26)24-37(19-12-11-17-36-30(40)44-33(2,3)4)22-28-23-38(20-21-39(28)32(42)45-34(5,6)7)31(41)43-25-27-15-9-8-10-16-27/h8-10,13-16,18,28H,11-12,17,19-25H2,1-7H3,(H,36,40). The lowest BCUT2D eigenvalue weighted by Crippen LogP contribution is -2.60. The van der Waals surface area contributed by atoms with Crippen LogP contribution in [0.4, 0.5) is 14.4 Å². The van der Waals surface area contributed by atoms with E-state index in [1.165, 1.54) is 0 Å². The largest absolute Gasteiger partial charge is 0.445 e. The molecule has 3 amide bonds. The summed E-state index contributed by atoms with van der Waals surface area (Å²) in [4.78, 5) is 48.8. The summed E-state index contributed by atoms with van der Waals surface area (Å²) in [6.07, 6.45) is 2.08. The maximum Gasteiger partial charge on any atom is 0.410 e. The van der Waals surface area contributed by atoms with Gasteiger partial charge in [0.15, 0.2) is 0 Å². The SMILES string of the molecule is Cc1cccnc1CN(CCCCNC(=O)OC(C)(C)C)CC1CN(C(=O)OCc2ccccc2)CCN1C(=O)OC(C)(C)C. The Hall–Kier alpha value is -3.86. The minimum Gasteiger partial charge on any atom is -0.445 e. The topological polar surface area (TPSA) is 114 Å². The summed E-state index contributed by atoms with van der Waals surface area (Å²) in [6, 6.07) is 13.2. The number of nitrogens with zero attached hydrogens (tertiary/aromatic N) is 4.